The number of allylic oxidation sites excluding steroid dienone is 18. The third-order valence-corrected chi connectivity index (χ3v) is 12.4. The molecule has 0 fully saturated rings. The quantitative estimate of drug-likeness (QED) is 0.0321. The molecule has 0 aromatic heterocycles. The molecule has 0 spiro atoms. The molecular formula is C63H107NO5. The third-order valence-electron chi connectivity index (χ3n) is 12.4. The summed E-state index contributed by atoms with van der Waals surface area (Å²) in [5.41, 5.74) is 0. The van der Waals surface area contributed by atoms with E-state index in [1.54, 1.807) is 0 Å². The zero-order valence-electron chi connectivity index (χ0n) is 44.9. The summed E-state index contributed by atoms with van der Waals surface area (Å²) in [6.07, 6.45) is 75.9. The van der Waals surface area contributed by atoms with Gasteiger partial charge in [-0.25, -0.2) is 0 Å². The van der Waals surface area contributed by atoms with Crippen LogP contribution in [-0.2, 0) is 14.3 Å². The van der Waals surface area contributed by atoms with Crippen molar-refractivity contribution in [3.63, 3.8) is 0 Å². The summed E-state index contributed by atoms with van der Waals surface area (Å²) in [6, 6.07) is -0.732. The van der Waals surface area contributed by atoms with E-state index in [0.717, 1.165) is 109 Å². The Hall–Kier alpha value is -3.48. The van der Waals surface area contributed by atoms with Crippen molar-refractivity contribution >= 4 is 11.9 Å². The van der Waals surface area contributed by atoms with Gasteiger partial charge in [-0.05, 0) is 96.3 Å². The molecule has 394 valence electrons. The SMILES string of the molecule is CC/C=C\C/C=C\C/C=C\C/C=C\C/C=C\C/C=C\CCC(=O)OC(CCCCCC/C=C/C/C=C/C/C=C/CC)CC(=O)NC(CO)C(O)CCCCCCCCCCCCCCCCCCC. The van der Waals surface area contributed by atoms with E-state index in [0.29, 0.717) is 19.3 Å². The highest BCUT2D eigenvalue weighted by molar-refractivity contribution is 5.77. The van der Waals surface area contributed by atoms with E-state index in [4.69, 9.17) is 4.74 Å². The second-order valence-electron chi connectivity index (χ2n) is 18.9. The van der Waals surface area contributed by atoms with Crippen molar-refractivity contribution in [2.45, 2.75) is 270 Å². The van der Waals surface area contributed by atoms with E-state index in [2.05, 4.69) is 129 Å². The molecule has 0 saturated carbocycles. The Morgan fingerprint density at radius 1 is 0.435 bits per heavy atom. The summed E-state index contributed by atoms with van der Waals surface area (Å²) >= 11 is 0. The van der Waals surface area contributed by atoms with Crippen molar-refractivity contribution in [3.05, 3.63) is 109 Å². The molecule has 3 atom stereocenters. The minimum atomic E-state index is -0.814. The van der Waals surface area contributed by atoms with Crippen molar-refractivity contribution in [1.82, 2.24) is 5.32 Å². The number of esters is 1. The van der Waals surface area contributed by atoms with Crippen LogP contribution >= 0.6 is 0 Å². The van der Waals surface area contributed by atoms with E-state index in [1.165, 1.54) is 89.9 Å². The summed E-state index contributed by atoms with van der Waals surface area (Å²) in [6.45, 7) is 6.25. The van der Waals surface area contributed by atoms with Crippen LogP contribution in [-0.4, -0.2) is 46.9 Å². The first kappa shape index (κ1) is 65.5. The highest BCUT2D eigenvalue weighted by atomic mass is 16.5. The minimum Gasteiger partial charge on any atom is -0.462 e. The topological polar surface area (TPSA) is 95.9 Å². The first-order valence-corrected chi connectivity index (χ1v) is 28.6. The number of rotatable bonds is 50. The number of amides is 1. The predicted octanol–water partition coefficient (Wildman–Crippen LogP) is 17.8. The van der Waals surface area contributed by atoms with Gasteiger partial charge >= 0.3 is 5.97 Å². The van der Waals surface area contributed by atoms with Gasteiger partial charge < -0.3 is 20.3 Å². The molecular weight excluding hydrogens is 851 g/mol. The van der Waals surface area contributed by atoms with Crippen molar-refractivity contribution in [3.8, 4) is 0 Å². The van der Waals surface area contributed by atoms with Crippen LogP contribution < -0.4 is 5.32 Å². The number of carbonyl (C=O) groups is 2. The van der Waals surface area contributed by atoms with E-state index in [-0.39, 0.29) is 31.3 Å². The molecule has 0 radical (unpaired) electrons. The van der Waals surface area contributed by atoms with E-state index < -0.39 is 18.2 Å². The van der Waals surface area contributed by atoms with Crippen LogP contribution in [0.3, 0.4) is 0 Å². The summed E-state index contributed by atoms with van der Waals surface area (Å²) in [7, 11) is 0. The molecule has 0 bridgehead atoms. The molecule has 6 heteroatoms. The molecule has 0 aliphatic rings. The zero-order valence-corrected chi connectivity index (χ0v) is 44.9. The summed E-state index contributed by atoms with van der Waals surface area (Å²) in [5.74, 6) is -0.601. The van der Waals surface area contributed by atoms with Gasteiger partial charge in [0, 0.05) is 6.42 Å². The fraction of sp³-hybridized carbons (Fsp3) is 0.683. The number of ether oxygens (including phenoxy) is 1. The van der Waals surface area contributed by atoms with E-state index >= 15 is 0 Å². The number of hydrogen-bond acceptors (Lipinski definition) is 5. The van der Waals surface area contributed by atoms with Gasteiger partial charge in [0.15, 0.2) is 0 Å². The van der Waals surface area contributed by atoms with Crippen LogP contribution in [0.15, 0.2) is 109 Å². The van der Waals surface area contributed by atoms with Crippen LogP contribution in [0, 0.1) is 0 Å². The Balaban J connectivity index is 4.68. The second-order valence-corrected chi connectivity index (χ2v) is 18.9. The summed E-state index contributed by atoms with van der Waals surface area (Å²) in [4.78, 5) is 26.2. The fourth-order valence-electron chi connectivity index (χ4n) is 8.12. The average Bonchev–Trinajstić information content (AvgIpc) is 3.34. The molecule has 3 unspecified atom stereocenters. The van der Waals surface area contributed by atoms with Gasteiger partial charge in [0.1, 0.15) is 6.10 Å². The number of unbranched alkanes of at least 4 members (excludes halogenated alkanes) is 20. The Labute approximate surface area is 426 Å². The van der Waals surface area contributed by atoms with E-state index in [1.807, 2.05) is 6.08 Å². The van der Waals surface area contributed by atoms with Gasteiger partial charge in [0.05, 0.1) is 25.2 Å². The van der Waals surface area contributed by atoms with Crippen molar-refractivity contribution in [1.29, 1.82) is 0 Å². The molecule has 6 nitrogen and oxygen atoms in total. The van der Waals surface area contributed by atoms with Crippen molar-refractivity contribution < 1.29 is 24.5 Å². The Bertz CT molecular complexity index is 1400. The normalized spacial score (nSPS) is 14.0. The van der Waals surface area contributed by atoms with Crippen LogP contribution in [0.25, 0.3) is 0 Å². The zero-order chi connectivity index (χ0) is 50.2. The second kappa shape index (κ2) is 55.4. The van der Waals surface area contributed by atoms with Crippen LogP contribution in [0.5, 0.6) is 0 Å². The number of aliphatic hydroxyl groups is 2. The first-order chi connectivity index (χ1) is 34.0. The molecule has 0 aromatic carbocycles. The number of carbonyl (C=O) groups excluding carboxylic acids is 2. The van der Waals surface area contributed by atoms with Crippen molar-refractivity contribution in [2.75, 3.05) is 6.61 Å². The Morgan fingerprint density at radius 2 is 0.783 bits per heavy atom. The lowest BCUT2D eigenvalue weighted by Crippen LogP contribution is -2.46. The molecule has 0 aliphatic heterocycles. The Kier molecular flexibility index (Phi) is 52.7. The van der Waals surface area contributed by atoms with Crippen LogP contribution in [0.2, 0.25) is 0 Å². The monoisotopic (exact) mass is 958 g/mol. The van der Waals surface area contributed by atoms with Gasteiger partial charge in [-0.15, -0.1) is 0 Å². The number of hydrogen-bond donors (Lipinski definition) is 3. The molecule has 0 rings (SSSR count). The van der Waals surface area contributed by atoms with Gasteiger partial charge in [-0.1, -0.05) is 252 Å². The lowest BCUT2D eigenvalue weighted by Gasteiger charge is -2.24. The van der Waals surface area contributed by atoms with Gasteiger partial charge in [0.2, 0.25) is 5.91 Å². The standard InChI is InChI=1S/C63H107NO5/c1-4-7-10-13-16-19-22-25-28-30-31-33-35-38-41-44-47-50-53-56-63(68)69-59(54-51-48-45-42-39-36-27-24-21-18-15-12-9-6-3)57-62(67)64-60(58-65)61(66)55-52-49-46-43-40-37-34-32-29-26-23-20-17-14-11-8-5-2/h7,9-10,12,16,18-19,21,25,27-28,31,33,36,38,41,47,50,59-61,65-66H,4-6,8,11,13-15,17,20,22-24,26,29-30,32,34-35,37,39-40,42-46,48-49,51-58H2,1-3H3,(H,64,67)/b10-7-,12-9+,19-16-,21-18+,28-25-,33-31-,36-27+,41-38-,50-47-. The molecule has 0 aromatic rings. The fourth-order valence-corrected chi connectivity index (χ4v) is 8.12. The lowest BCUT2D eigenvalue weighted by molar-refractivity contribution is -0.150. The maximum absolute atomic E-state index is 13.3. The highest BCUT2D eigenvalue weighted by Gasteiger charge is 2.24. The first-order valence-electron chi connectivity index (χ1n) is 28.6. The molecule has 0 aliphatic carbocycles. The van der Waals surface area contributed by atoms with E-state index in [9.17, 15) is 19.8 Å². The average molecular weight is 959 g/mol. The molecule has 1 amide bonds. The summed E-state index contributed by atoms with van der Waals surface area (Å²) in [5, 5.41) is 23.9. The number of aliphatic hydroxyl groups excluding tert-OH is 2. The highest BCUT2D eigenvalue weighted by Crippen LogP contribution is 2.17. The minimum absolute atomic E-state index is 0.0263. The van der Waals surface area contributed by atoms with Gasteiger partial charge in [0.25, 0.3) is 0 Å². The van der Waals surface area contributed by atoms with Gasteiger partial charge in [-0.3, -0.25) is 9.59 Å². The van der Waals surface area contributed by atoms with Crippen LogP contribution in [0.4, 0.5) is 0 Å². The third kappa shape index (κ3) is 50.7. The number of nitrogens with one attached hydrogen (secondary N) is 1. The van der Waals surface area contributed by atoms with Crippen molar-refractivity contribution in [2.24, 2.45) is 0 Å². The molecule has 0 saturated heterocycles. The smallest absolute Gasteiger partial charge is 0.306 e. The lowest BCUT2D eigenvalue weighted by atomic mass is 10.0. The largest absolute Gasteiger partial charge is 0.462 e. The van der Waals surface area contributed by atoms with Crippen LogP contribution in [0.1, 0.15) is 252 Å². The maximum Gasteiger partial charge on any atom is 0.306 e. The Morgan fingerprint density at radius 3 is 1.19 bits per heavy atom. The molecule has 3 N–H and O–H groups in total. The summed E-state index contributed by atoms with van der Waals surface area (Å²) < 4.78 is 5.90. The molecule has 69 heavy (non-hydrogen) atoms. The molecule has 0 heterocycles. The predicted molar refractivity (Wildman–Crippen MR) is 300 cm³/mol. The van der Waals surface area contributed by atoms with Gasteiger partial charge in [-0.2, -0.15) is 0 Å². The maximum atomic E-state index is 13.3.